The van der Waals surface area contributed by atoms with E-state index in [1.54, 1.807) is 7.11 Å². The van der Waals surface area contributed by atoms with Crippen molar-refractivity contribution in [3.8, 4) is 17.1 Å². The molecule has 1 aromatic heterocycles. The van der Waals surface area contributed by atoms with Gasteiger partial charge in [-0.15, -0.1) is 0 Å². The summed E-state index contributed by atoms with van der Waals surface area (Å²) < 4.78 is 10.1. The molecule has 0 bridgehead atoms. The normalized spacial score (nSPS) is 15.5. The van der Waals surface area contributed by atoms with E-state index in [1.807, 2.05) is 40.6 Å². The first-order valence-electron chi connectivity index (χ1n) is 10.2. The molecule has 0 N–H and O–H groups in total. The number of aromatic nitrogens is 3. The summed E-state index contributed by atoms with van der Waals surface area (Å²) in [5, 5.41) is 4.82. The number of methoxy groups -OCH3 is 1. The van der Waals surface area contributed by atoms with Gasteiger partial charge in [0.05, 0.1) is 19.3 Å². The van der Waals surface area contributed by atoms with Crippen molar-refractivity contribution in [1.82, 2.24) is 19.2 Å². The summed E-state index contributed by atoms with van der Waals surface area (Å²) in [7, 11) is 3.66. The van der Waals surface area contributed by atoms with E-state index in [0.717, 1.165) is 47.6 Å². The lowest BCUT2D eigenvalue weighted by atomic mass is 9.90. The fourth-order valence-electron chi connectivity index (χ4n) is 4.11. The summed E-state index contributed by atoms with van der Waals surface area (Å²) in [6.07, 6.45) is 3.61. The standard InChI is InChI=1S/C23H28N4OS/c1-25-22(20-10-6-7-11-21(20)28-2)24-27(23(25)29)17-26-14-12-19(13-15-26)16-18-8-4-3-5-9-18/h3-11,19H,12-17H2,1-2H3. The zero-order valence-electron chi connectivity index (χ0n) is 17.1. The van der Waals surface area contributed by atoms with Crippen molar-refractivity contribution >= 4 is 12.2 Å². The number of likely N-dealkylation sites (tertiary alicyclic amines) is 1. The molecule has 0 atom stereocenters. The average molecular weight is 409 g/mol. The summed E-state index contributed by atoms with van der Waals surface area (Å²) in [5.41, 5.74) is 2.41. The Morgan fingerprint density at radius 2 is 1.72 bits per heavy atom. The van der Waals surface area contributed by atoms with Gasteiger partial charge in [0.15, 0.2) is 10.6 Å². The molecule has 2 aromatic carbocycles. The number of para-hydroxylation sites is 1. The molecular weight excluding hydrogens is 380 g/mol. The lowest BCUT2D eigenvalue weighted by Gasteiger charge is -2.31. The van der Waals surface area contributed by atoms with Gasteiger partial charge in [0.25, 0.3) is 0 Å². The lowest BCUT2D eigenvalue weighted by Crippen LogP contribution is -2.36. The van der Waals surface area contributed by atoms with Crippen LogP contribution in [0.5, 0.6) is 5.75 Å². The van der Waals surface area contributed by atoms with Gasteiger partial charge in [0.2, 0.25) is 0 Å². The van der Waals surface area contributed by atoms with Crippen LogP contribution >= 0.6 is 12.2 Å². The quantitative estimate of drug-likeness (QED) is 0.561. The Labute approximate surface area is 177 Å². The maximum atomic E-state index is 5.67. The topological polar surface area (TPSA) is 35.2 Å². The largest absolute Gasteiger partial charge is 0.496 e. The highest BCUT2D eigenvalue weighted by Crippen LogP contribution is 2.28. The Hall–Kier alpha value is -2.44. The van der Waals surface area contributed by atoms with Crippen molar-refractivity contribution in [2.24, 2.45) is 13.0 Å². The smallest absolute Gasteiger partial charge is 0.199 e. The van der Waals surface area contributed by atoms with E-state index in [9.17, 15) is 0 Å². The monoisotopic (exact) mass is 408 g/mol. The second-order valence-corrected chi connectivity index (χ2v) is 8.12. The van der Waals surface area contributed by atoms with Gasteiger partial charge < -0.3 is 9.30 Å². The van der Waals surface area contributed by atoms with Gasteiger partial charge in [0, 0.05) is 20.1 Å². The Balaban J connectivity index is 1.42. The Bertz CT molecular complexity index is 1000. The van der Waals surface area contributed by atoms with Gasteiger partial charge in [-0.2, -0.15) is 5.10 Å². The van der Waals surface area contributed by atoms with Crippen LogP contribution in [0.3, 0.4) is 0 Å². The second kappa shape index (κ2) is 8.93. The van der Waals surface area contributed by atoms with Crippen LogP contribution in [0.25, 0.3) is 11.4 Å². The zero-order valence-corrected chi connectivity index (χ0v) is 17.9. The Morgan fingerprint density at radius 1 is 1.03 bits per heavy atom. The van der Waals surface area contributed by atoms with E-state index in [-0.39, 0.29) is 0 Å². The van der Waals surface area contributed by atoms with Crippen molar-refractivity contribution in [1.29, 1.82) is 0 Å². The van der Waals surface area contributed by atoms with Crippen molar-refractivity contribution in [2.75, 3.05) is 20.2 Å². The lowest BCUT2D eigenvalue weighted by molar-refractivity contribution is 0.140. The van der Waals surface area contributed by atoms with Gasteiger partial charge in [-0.05, 0) is 55.1 Å². The predicted octanol–water partition coefficient (Wildman–Crippen LogP) is 4.54. The molecule has 6 heteroatoms. The number of benzene rings is 2. The minimum atomic E-state index is 0.734. The van der Waals surface area contributed by atoms with Gasteiger partial charge in [-0.25, -0.2) is 4.68 Å². The van der Waals surface area contributed by atoms with Crippen LogP contribution < -0.4 is 4.74 Å². The molecule has 0 saturated carbocycles. The van der Waals surface area contributed by atoms with Crippen LogP contribution in [0.2, 0.25) is 0 Å². The third-order valence-corrected chi connectivity index (χ3v) is 6.28. The SMILES string of the molecule is COc1ccccc1-c1nn(CN2CCC(Cc3ccccc3)CC2)c(=S)n1C. The minimum Gasteiger partial charge on any atom is -0.496 e. The van der Waals surface area contributed by atoms with E-state index >= 15 is 0 Å². The second-order valence-electron chi connectivity index (χ2n) is 7.76. The number of piperidine rings is 1. The van der Waals surface area contributed by atoms with Crippen molar-refractivity contribution in [2.45, 2.75) is 25.9 Å². The molecule has 5 nitrogen and oxygen atoms in total. The number of rotatable bonds is 6. The molecule has 1 saturated heterocycles. The first-order chi connectivity index (χ1) is 14.2. The zero-order chi connectivity index (χ0) is 20.2. The first-order valence-corrected chi connectivity index (χ1v) is 10.6. The van der Waals surface area contributed by atoms with E-state index in [1.165, 1.54) is 24.8 Å². The van der Waals surface area contributed by atoms with Gasteiger partial charge in [-0.1, -0.05) is 42.5 Å². The summed E-state index contributed by atoms with van der Waals surface area (Å²) >= 11 is 5.67. The fraction of sp³-hybridized carbons (Fsp3) is 0.391. The van der Waals surface area contributed by atoms with Crippen LogP contribution in [0, 0.1) is 10.7 Å². The van der Waals surface area contributed by atoms with Crippen LogP contribution in [0.4, 0.5) is 0 Å². The van der Waals surface area contributed by atoms with Gasteiger partial charge in [-0.3, -0.25) is 4.90 Å². The summed E-state index contributed by atoms with van der Waals surface area (Å²) in [5.74, 6) is 2.41. The molecule has 0 unspecified atom stereocenters. The molecule has 2 heterocycles. The van der Waals surface area contributed by atoms with Crippen molar-refractivity contribution in [3.05, 3.63) is 64.9 Å². The van der Waals surface area contributed by atoms with Crippen LogP contribution in [-0.4, -0.2) is 39.4 Å². The molecule has 3 aromatic rings. The number of ether oxygens (including phenoxy) is 1. The first kappa shape index (κ1) is 19.9. The molecule has 0 radical (unpaired) electrons. The van der Waals surface area contributed by atoms with Crippen molar-refractivity contribution < 1.29 is 4.74 Å². The molecule has 152 valence electrons. The number of hydrogen-bond acceptors (Lipinski definition) is 4. The van der Waals surface area contributed by atoms with Crippen LogP contribution in [0.1, 0.15) is 18.4 Å². The van der Waals surface area contributed by atoms with Crippen molar-refractivity contribution in [3.63, 3.8) is 0 Å². The Kier molecular flexibility index (Phi) is 6.11. The summed E-state index contributed by atoms with van der Waals surface area (Å²) in [6, 6.07) is 18.8. The molecule has 1 aliphatic heterocycles. The van der Waals surface area contributed by atoms with Crippen LogP contribution in [-0.2, 0) is 20.1 Å². The molecule has 4 rings (SSSR count). The highest BCUT2D eigenvalue weighted by Gasteiger charge is 2.21. The highest BCUT2D eigenvalue weighted by molar-refractivity contribution is 7.71. The molecule has 29 heavy (non-hydrogen) atoms. The maximum absolute atomic E-state index is 5.67. The number of nitrogens with zero attached hydrogens (tertiary/aromatic N) is 4. The Morgan fingerprint density at radius 3 is 2.45 bits per heavy atom. The van der Waals surface area contributed by atoms with Crippen LogP contribution in [0.15, 0.2) is 54.6 Å². The van der Waals surface area contributed by atoms with E-state index < -0.39 is 0 Å². The predicted molar refractivity (Wildman–Crippen MR) is 118 cm³/mol. The molecule has 0 aliphatic carbocycles. The minimum absolute atomic E-state index is 0.734. The molecule has 0 amide bonds. The van der Waals surface area contributed by atoms with E-state index in [4.69, 9.17) is 22.1 Å². The van der Waals surface area contributed by atoms with Gasteiger partial charge >= 0.3 is 0 Å². The third-order valence-electron chi connectivity index (χ3n) is 5.80. The maximum Gasteiger partial charge on any atom is 0.199 e. The fourth-order valence-corrected chi connectivity index (χ4v) is 4.30. The van der Waals surface area contributed by atoms with E-state index in [2.05, 4.69) is 35.2 Å². The molecular formula is C23H28N4OS. The van der Waals surface area contributed by atoms with Gasteiger partial charge in [0.1, 0.15) is 5.75 Å². The summed E-state index contributed by atoms with van der Waals surface area (Å²) in [6.45, 7) is 2.90. The summed E-state index contributed by atoms with van der Waals surface area (Å²) in [4.78, 5) is 2.45. The third kappa shape index (κ3) is 4.43. The molecule has 0 spiro atoms. The average Bonchev–Trinajstić information content (AvgIpc) is 3.04. The van der Waals surface area contributed by atoms with E-state index in [0.29, 0.717) is 0 Å². The molecule has 1 aliphatic rings. The highest BCUT2D eigenvalue weighted by atomic mass is 32.1. The number of hydrogen-bond donors (Lipinski definition) is 0. The molecule has 1 fully saturated rings.